The van der Waals surface area contributed by atoms with Crippen molar-refractivity contribution in [2.45, 2.75) is 27.2 Å². The van der Waals surface area contributed by atoms with Crippen LogP contribution >= 0.6 is 11.6 Å². The molecule has 2 amide bonds. The highest BCUT2D eigenvalue weighted by atomic mass is 35.5. The average molecular weight is 408 g/mol. The van der Waals surface area contributed by atoms with Gasteiger partial charge in [0.15, 0.2) is 0 Å². The predicted molar refractivity (Wildman–Crippen MR) is 112 cm³/mol. The molecule has 1 aromatic carbocycles. The van der Waals surface area contributed by atoms with Crippen LogP contribution in [0, 0.1) is 44.4 Å². The summed E-state index contributed by atoms with van der Waals surface area (Å²) in [7, 11) is 0. The third kappa shape index (κ3) is 2.64. The molecule has 2 fully saturated rings. The molecular weight excluding hydrogens is 386 g/mol. The number of hydrogen-bond acceptors (Lipinski definition) is 3. The van der Waals surface area contributed by atoms with Crippen molar-refractivity contribution in [1.82, 2.24) is 9.58 Å². The van der Waals surface area contributed by atoms with Crippen LogP contribution in [0.15, 0.2) is 41.5 Å². The van der Waals surface area contributed by atoms with Gasteiger partial charge in [-0.25, -0.2) is 0 Å². The van der Waals surface area contributed by atoms with Gasteiger partial charge in [0.1, 0.15) is 0 Å². The normalized spacial score (nSPS) is 27.7. The molecule has 2 aliphatic carbocycles. The smallest absolute Gasteiger partial charge is 0.254 e. The second-order valence-corrected chi connectivity index (χ2v) is 8.74. The van der Waals surface area contributed by atoms with E-state index in [2.05, 4.69) is 21.8 Å². The van der Waals surface area contributed by atoms with Crippen LogP contribution in [0.3, 0.4) is 0 Å². The molecule has 5 rings (SSSR count). The minimum Gasteiger partial charge on any atom is -0.318 e. The molecule has 0 spiro atoms. The predicted octanol–water partition coefficient (Wildman–Crippen LogP) is 4.20. The zero-order chi connectivity index (χ0) is 20.4. The Morgan fingerprint density at radius 3 is 2.31 bits per heavy atom. The summed E-state index contributed by atoms with van der Waals surface area (Å²) in [5.74, 6) is -0.385. The number of aromatic nitrogens is 1. The van der Waals surface area contributed by atoms with Crippen molar-refractivity contribution < 1.29 is 9.59 Å². The van der Waals surface area contributed by atoms with Crippen molar-refractivity contribution in [2.24, 2.45) is 28.8 Å². The van der Waals surface area contributed by atoms with E-state index in [4.69, 9.17) is 11.6 Å². The van der Waals surface area contributed by atoms with Crippen molar-refractivity contribution in [3.8, 4) is 5.69 Å². The Morgan fingerprint density at radius 2 is 1.69 bits per heavy atom. The number of allylic oxidation sites excluding steroid dienone is 2. The molecule has 6 heteroatoms. The van der Waals surface area contributed by atoms with Crippen molar-refractivity contribution in [3.05, 3.63) is 64.0 Å². The minimum absolute atomic E-state index is 0.160. The molecule has 1 aromatic heterocycles. The van der Waals surface area contributed by atoms with Gasteiger partial charge in [0.25, 0.3) is 11.8 Å². The molecule has 1 aliphatic heterocycles. The lowest BCUT2D eigenvalue weighted by atomic mass is 9.85. The number of hydrogen-bond donors (Lipinski definition) is 0. The maximum Gasteiger partial charge on any atom is 0.254 e. The second-order valence-electron chi connectivity index (χ2n) is 8.33. The molecule has 1 saturated heterocycles. The summed E-state index contributed by atoms with van der Waals surface area (Å²) >= 11 is 6.30. The summed E-state index contributed by atoms with van der Waals surface area (Å²) < 4.78 is 2.10. The lowest BCUT2D eigenvalue weighted by Gasteiger charge is -2.13. The van der Waals surface area contributed by atoms with Gasteiger partial charge in [-0.15, -0.1) is 0 Å². The van der Waals surface area contributed by atoms with Crippen molar-refractivity contribution >= 4 is 29.6 Å². The van der Waals surface area contributed by atoms with E-state index in [1.54, 1.807) is 6.21 Å². The lowest BCUT2D eigenvalue weighted by molar-refractivity contribution is -0.140. The number of nitrogens with zero attached hydrogens (tertiary/aromatic N) is 3. The number of carbonyl (C=O) groups is 2. The summed E-state index contributed by atoms with van der Waals surface area (Å²) in [4.78, 5) is 25.6. The van der Waals surface area contributed by atoms with E-state index in [1.807, 2.05) is 45.0 Å². The van der Waals surface area contributed by atoms with Crippen LogP contribution in [0.1, 0.15) is 28.9 Å². The summed E-state index contributed by atoms with van der Waals surface area (Å²) in [5.41, 5.74) is 4.88. The summed E-state index contributed by atoms with van der Waals surface area (Å²) in [5, 5.41) is 6.13. The molecule has 0 radical (unpaired) electrons. The van der Waals surface area contributed by atoms with Crippen LogP contribution in [-0.2, 0) is 9.59 Å². The Hall–Kier alpha value is -2.66. The van der Waals surface area contributed by atoms with Gasteiger partial charge in [-0.3, -0.25) is 9.59 Å². The first kappa shape index (κ1) is 18.4. The topological polar surface area (TPSA) is 54.7 Å². The molecule has 3 aliphatic rings. The summed E-state index contributed by atoms with van der Waals surface area (Å²) in [6, 6.07) is 7.96. The number of amides is 2. The van der Waals surface area contributed by atoms with Gasteiger partial charge in [-0.1, -0.05) is 29.8 Å². The van der Waals surface area contributed by atoms with Gasteiger partial charge in [-0.2, -0.15) is 10.1 Å². The first-order valence-electron chi connectivity index (χ1n) is 9.92. The highest BCUT2D eigenvalue weighted by Crippen LogP contribution is 2.52. The van der Waals surface area contributed by atoms with E-state index in [0.717, 1.165) is 39.6 Å². The second kappa shape index (κ2) is 6.42. The number of halogens is 1. The van der Waals surface area contributed by atoms with E-state index < -0.39 is 0 Å². The fraction of sp³-hybridized carbons (Fsp3) is 0.348. The fourth-order valence-electron chi connectivity index (χ4n) is 5.16. The first-order chi connectivity index (χ1) is 13.9. The SMILES string of the molecule is Cc1ccc(-n2c(C)cc(/C=N\N3C(=O)[C@@H]4[C@H](C3=O)[C@H]3C=C[C@H]4C3)c2C)cc1Cl. The van der Waals surface area contributed by atoms with Crippen LogP contribution in [0.5, 0.6) is 0 Å². The quantitative estimate of drug-likeness (QED) is 0.435. The first-order valence-corrected chi connectivity index (χ1v) is 10.3. The largest absolute Gasteiger partial charge is 0.318 e. The minimum atomic E-state index is -0.225. The molecule has 2 heterocycles. The number of fused-ring (bicyclic) bond motifs is 5. The lowest BCUT2D eigenvalue weighted by Crippen LogP contribution is -2.28. The van der Waals surface area contributed by atoms with Crippen LogP contribution in [0.2, 0.25) is 5.02 Å². The molecule has 2 bridgehead atoms. The Kier molecular flexibility index (Phi) is 4.07. The fourth-order valence-corrected chi connectivity index (χ4v) is 5.33. The van der Waals surface area contributed by atoms with Crippen LogP contribution in [0.25, 0.3) is 5.69 Å². The molecule has 29 heavy (non-hydrogen) atoms. The summed E-state index contributed by atoms with van der Waals surface area (Å²) in [6.45, 7) is 5.98. The van der Waals surface area contributed by atoms with Crippen LogP contribution in [0.4, 0.5) is 0 Å². The van der Waals surface area contributed by atoms with Gasteiger partial charge in [0, 0.05) is 27.7 Å². The highest BCUT2D eigenvalue weighted by molar-refractivity contribution is 6.31. The Bertz CT molecular complexity index is 1080. The highest BCUT2D eigenvalue weighted by Gasteiger charge is 2.59. The number of benzene rings is 1. The zero-order valence-corrected chi connectivity index (χ0v) is 17.3. The number of imide groups is 1. The molecule has 4 atom stereocenters. The van der Waals surface area contributed by atoms with Crippen molar-refractivity contribution in [3.63, 3.8) is 0 Å². The van der Waals surface area contributed by atoms with Gasteiger partial charge < -0.3 is 4.57 Å². The Balaban J connectivity index is 1.44. The Morgan fingerprint density at radius 1 is 1.03 bits per heavy atom. The van der Waals surface area contributed by atoms with Gasteiger partial charge >= 0.3 is 0 Å². The maximum atomic E-state index is 12.8. The monoisotopic (exact) mass is 407 g/mol. The molecule has 0 N–H and O–H groups in total. The number of hydrazone groups is 1. The summed E-state index contributed by atoms with van der Waals surface area (Å²) in [6.07, 6.45) is 6.72. The molecule has 2 aromatic rings. The number of rotatable bonds is 3. The molecule has 1 saturated carbocycles. The standard InChI is InChI=1S/C23H22ClN3O2/c1-12-4-7-18(10-19(12)24)26-13(2)8-17(14(26)3)11-25-27-22(28)20-15-5-6-16(9-15)21(20)23(27)29/h4-8,10-11,15-16,20-21H,9H2,1-3H3/b25-11-/t15-,16-,20-,21+/m0/s1. The van der Waals surface area contributed by atoms with E-state index in [-0.39, 0.29) is 35.5 Å². The van der Waals surface area contributed by atoms with E-state index in [1.165, 1.54) is 0 Å². The maximum absolute atomic E-state index is 12.8. The Labute approximate surface area is 174 Å². The van der Waals surface area contributed by atoms with Crippen LogP contribution < -0.4 is 0 Å². The van der Waals surface area contributed by atoms with Gasteiger partial charge in [0.2, 0.25) is 0 Å². The molecule has 0 unspecified atom stereocenters. The average Bonchev–Trinajstić information content (AvgIpc) is 3.41. The number of aryl methyl sites for hydroxylation is 2. The molecule has 148 valence electrons. The van der Waals surface area contributed by atoms with Gasteiger partial charge in [-0.05, 0) is 62.8 Å². The molecular formula is C23H22ClN3O2. The third-order valence-electron chi connectivity index (χ3n) is 6.64. The van der Waals surface area contributed by atoms with Gasteiger partial charge in [0.05, 0.1) is 18.1 Å². The van der Waals surface area contributed by atoms with Crippen LogP contribution in [-0.4, -0.2) is 27.6 Å². The van der Waals surface area contributed by atoms with E-state index >= 15 is 0 Å². The third-order valence-corrected chi connectivity index (χ3v) is 7.05. The van der Waals surface area contributed by atoms with E-state index in [9.17, 15) is 9.59 Å². The van der Waals surface area contributed by atoms with Crippen molar-refractivity contribution in [1.29, 1.82) is 0 Å². The zero-order valence-electron chi connectivity index (χ0n) is 16.6. The van der Waals surface area contributed by atoms with Crippen molar-refractivity contribution in [2.75, 3.05) is 0 Å². The van der Waals surface area contributed by atoms with E-state index in [0.29, 0.717) is 5.02 Å². The number of carbonyl (C=O) groups excluding carboxylic acids is 2. The molecule has 5 nitrogen and oxygen atoms in total.